The molecule has 5 rings (SSSR count). The topological polar surface area (TPSA) is 126 Å². The van der Waals surface area contributed by atoms with Gasteiger partial charge in [-0.25, -0.2) is 9.18 Å². The standard InChI is InChI=1S/C22H29FN4O5/c1-20(2,3)32-19(30)26-22-6-4-21(5-7-22,10-17(22)28)25-18(29)12-31-13-8-15(23)14-11-24-27-16(14)9-13/h8-9,11,17,28H,4-7,10,12H2,1-3H3,(H,24,27)(H,25,29)(H,26,30)/t17-,21?,22?/m0/s1. The van der Waals surface area contributed by atoms with Crippen molar-refractivity contribution in [2.24, 2.45) is 0 Å². The highest BCUT2D eigenvalue weighted by Crippen LogP contribution is 2.47. The van der Waals surface area contributed by atoms with Crippen molar-refractivity contribution in [1.82, 2.24) is 20.8 Å². The molecule has 1 aromatic carbocycles. The average Bonchev–Trinajstić information content (AvgIpc) is 3.15. The van der Waals surface area contributed by atoms with Crippen LogP contribution in [0.3, 0.4) is 0 Å². The molecule has 3 aliphatic rings. The first-order valence-electron chi connectivity index (χ1n) is 10.7. The Hall–Kier alpha value is -2.88. The van der Waals surface area contributed by atoms with Gasteiger partial charge in [0.15, 0.2) is 6.61 Å². The van der Waals surface area contributed by atoms with Crippen LogP contribution < -0.4 is 15.4 Å². The SMILES string of the molecule is CC(C)(C)OC(=O)NC12CCC(NC(=O)COc3cc(F)c4cn[nH]c4c3)(CC1)C[C@@H]2O. The number of ether oxygens (including phenoxy) is 2. The van der Waals surface area contributed by atoms with Crippen LogP contribution >= 0.6 is 0 Å². The Bertz CT molecular complexity index is 1020. The minimum absolute atomic E-state index is 0.222. The van der Waals surface area contributed by atoms with Crippen LogP contribution in [0.5, 0.6) is 5.75 Å². The predicted molar refractivity (Wildman–Crippen MR) is 114 cm³/mol. The Morgan fingerprint density at radius 1 is 1.25 bits per heavy atom. The number of hydrogen-bond acceptors (Lipinski definition) is 6. The summed E-state index contributed by atoms with van der Waals surface area (Å²) in [7, 11) is 0. The fourth-order valence-electron chi connectivity index (χ4n) is 4.72. The number of aliphatic hydroxyl groups excluding tert-OH is 1. The van der Waals surface area contributed by atoms with Crippen molar-refractivity contribution in [3.8, 4) is 5.75 Å². The lowest BCUT2D eigenvalue weighted by atomic mass is 9.60. The number of carbonyl (C=O) groups is 2. The molecule has 3 saturated carbocycles. The second-order valence-electron chi connectivity index (χ2n) is 9.86. The maximum atomic E-state index is 14.1. The number of amides is 2. The van der Waals surface area contributed by atoms with Gasteiger partial charge in [0, 0.05) is 17.7 Å². The van der Waals surface area contributed by atoms with E-state index in [1.807, 2.05) is 0 Å². The number of aromatic nitrogens is 2. The number of benzene rings is 1. The molecule has 2 amide bonds. The van der Waals surface area contributed by atoms with Crippen molar-refractivity contribution in [2.45, 2.75) is 75.7 Å². The molecule has 0 saturated heterocycles. The first-order chi connectivity index (χ1) is 15.0. The number of nitrogens with zero attached hydrogens (tertiary/aromatic N) is 1. The van der Waals surface area contributed by atoms with E-state index in [2.05, 4.69) is 20.8 Å². The van der Waals surface area contributed by atoms with E-state index in [0.717, 1.165) is 0 Å². The third-order valence-electron chi connectivity index (χ3n) is 6.33. The molecule has 174 valence electrons. The summed E-state index contributed by atoms with van der Waals surface area (Å²) in [6.07, 6.45) is 2.62. The lowest BCUT2D eigenvalue weighted by Gasteiger charge is -2.56. The first kappa shape index (κ1) is 22.3. The van der Waals surface area contributed by atoms with Crippen molar-refractivity contribution in [2.75, 3.05) is 6.61 Å². The van der Waals surface area contributed by atoms with E-state index >= 15 is 0 Å². The lowest BCUT2D eigenvalue weighted by Crippen LogP contribution is -2.70. The highest BCUT2D eigenvalue weighted by molar-refractivity contribution is 5.81. The summed E-state index contributed by atoms with van der Waals surface area (Å²) in [6, 6.07) is 2.80. The van der Waals surface area contributed by atoms with Gasteiger partial charge < -0.3 is 25.2 Å². The lowest BCUT2D eigenvalue weighted by molar-refractivity contribution is -0.129. The molecule has 32 heavy (non-hydrogen) atoms. The maximum Gasteiger partial charge on any atom is 0.408 e. The van der Waals surface area contributed by atoms with E-state index in [0.29, 0.717) is 43.0 Å². The fourth-order valence-corrected chi connectivity index (χ4v) is 4.72. The third-order valence-corrected chi connectivity index (χ3v) is 6.33. The molecule has 1 heterocycles. The van der Waals surface area contributed by atoms with E-state index in [-0.39, 0.29) is 18.3 Å². The van der Waals surface area contributed by atoms with Crippen molar-refractivity contribution < 1.29 is 28.6 Å². The zero-order valence-corrected chi connectivity index (χ0v) is 18.5. The first-order valence-corrected chi connectivity index (χ1v) is 10.7. The van der Waals surface area contributed by atoms with Crippen molar-refractivity contribution in [3.05, 3.63) is 24.1 Å². The molecule has 1 aromatic heterocycles. The van der Waals surface area contributed by atoms with Crippen LogP contribution in [0, 0.1) is 5.82 Å². The molecule has 0 aliphatic heterocycles. The van der Waals surface area contributed by atoms with Gasteiger partial charge in [0.2, 0.25) is 0 Å². The molecule has 0 unspecified atom stereocenters. The van der Waals surface area contributed by atoms with Crippen LogP contribution in [-0.2, 0) is 9.53 Å². The van der Waals surface area contributed by atoms with Gasteiger partial charge in [-0.05, 0) is 52.9 Å². The number of halogens is 1. The molecular formula is C22H29FN4O5. The molecule has 2 aromatic rings. The van der Waals surface area contributed by atoms with Crippen molar-refractivity contribution in [1.29, 1.82) is 0 Å². The number of carbonyl (C=O) groups excluding carboxylic acids is 2. The number of aromatic amines is 1. The summed E-state index contributed by atoms with van der Waals surface area (Å²) >= 11 is 0. The monoisotopic (exact) mass is 448 g/mol. The number of alkyl carbamates (subject to hydrolysis) is 1. The molecule has 3 fully saturated rings. The highest BCUT2D eigenvalue weighted by atomic mass is 19.1. The van der Waals surface area contributed by atoms with Crippen LogP contribution in [0.25, 0.3) is 10.9 Å². The molecular weight excluding hydrogens is 419 g/mol. The largest absolute Gasteiger partial charge is 0.484 e. The van der Waals surface area contributed by atoms with Crippen molar-refractivity contribution in [3.63, 3.8) is 0 Å². The number of hydrogen-bond donors (Lipinski definition) is 4. The number of nitrogens with one attached hydrogen (secondary N) is 3. The van der Waals surface area contributed by atoms with Crippen molar-refractivity contribution >= 4 is 22.9 Å². The zero-order valence-electron chi connectivity index (χ0n) is 18.5. The number of fused-ring (bicyclic) bond motifs is 4. The molecule has 3 aliphatic carbocycles. The Balaban J connectivity index is 1.33. The molecule has 0 radical (unpaired) electrons. The smallest absolute Gasteiger partial charge is 0.408 e. The summed E-state index contributed by atoms with van der Waals surface area (Å²) in [4.78, 5) is 24.8. The summed E-state index contributed by atoms with van der Waals surface area (Å²) in [5.74, 6) is -0.613. The van der Waals surface area contributed by atoms with E-state index < -0.39 is 34.7 Å². The van der Waals surface area contributed by atoms with Gasteiger partial charge in [-0.1, -0.05) is 0 Å². The minimum atomic E-state index is -0.810. The predicted octanol–water partition coefficient (Wildman–Crippen LogP) is 2.54. The van der Waals surface area contributed by atoms with Gasteiger partial charge in [0.25, 0.3) is 5.91 Å². The minimum Gasteiger partial charge on any atom is -0.484 e. The van der Waals surface area contributed by atoms with Crippen LogP contribution in [0.4, 0.5) is 9.18 Å². The second-order valence-corrected chi connectivity index (χ2v) is 9.86. The second kappa shape index (κ2) is 7.91. The zero-order chi connectivity index (χ0) is 23.1. The third kappa shape index (κ3) is 4.50. The number of aliphatic hydroxyl groups is 1. The van der Waals surface area contributed by atoms with E-state index in [1.54, 1.807) is 26.8 Å². The normalized spacial score (nSPS) is 27.2. The molecule has 0 spiro atoms. The molecule has 10 heteroatoms. The highest BCUT2D eigenvalue weighted by Gasteiger charge is 2.55. The maximum absolute atomic E-state index is 14.1. The van der Waals surface area contributed by atoms with Crippen LogP contribution in [0.1, 0.15) is 52.9 Å². The van der Waals surface area contributed by atoms with Gasteiger partial charge in [-0.15, -0.1) is 0 Å². The molecule has 4 N–H and O–H groups in total. The molecule has 1 atom stereocenters. The quantitative estimate of drug-likeness (QED) is 0.557. The van der Waals surface area contributed by atoms with Crippen LogP contribution in [0.2, 0.25) is 0 Å². The van der Waals surface area contributed by atoms with Gasteiger partial charge in [-0.2, -0.15) is 5.10 Å². The Labute approximate surface area is 185 Å². The number of rotatable bonds is 5. The molecule has 9 nitrogen and oxygen atoms in total. The molecule has 2 bridgehead atoms. The van der Waals surface area contributed by atoms with Crippen LogP contribution in [-0.4, -0.2) is 56.7 Å². The Morgan fingerprint density at radius 2 is 1.97 bits per heavy atom. The Morgan fingerprint density at radius 3 is 2.62 bits per heavy atom. The Kier molecular flexibility index (Phi) is 5.52. The number of H-pyrrole nitrogens is 1. The van der Waals surface area contributed by atoms with Gasteiger partial charge in [0.05, 0.1) is 28.7 Å². The van der Waals surface area contributed by atoms with E-state index in [1.165, 1.54) is 12.3 Å². The van der Waals surface area contributed by atoms with E-state index in [9.17, 15) is 19.1 Å². The fraction of sp³-hybridized carbons (Fsp3) is 0.591. The summed E-state index contributed by atoms with van der Waals surface area (Å²) < 4.78 is 24.9. The summed E-state index contributed by atoms with van der Waals surface area (Å²) in [5, 5.41) is 23.5. The average molecular weight is 448 g/mol. The van der Waals surface area contributed by atoms with E-state index in [4.69, 9.17) is 9.47 Å². The van der Waals surface area contributed by atoms with Crippen LogP contribution in [0.15, 0.2) is 18.3 Å². The van der Waals surface area contributed by atoms with Gasteiger partial charge >= 0.3 is 6.09 Å². The summed E-state index contributed by atoms with van der Waals surface area (Å²) in [5.41, 5.74) is -1.45. The van der Waals surface area contributed by atoms with Gasteiger partial charge in [-0.3, -0.25) is 9.89 Å². The van der Waals surface area contributed by atoms with Gasteiger partial charge in [0.1, 0.15) is 17.2 Å². The summed E-state index contributed by atoms with van der Waals surface area (Å²) in [6.45, 7) is 5.07.